The van der Waals surface area contributed by atoms with Gasteiger partial charge in [-0.3, -0.25) is 9.69 Å². The lowest BCUT2D eigenvalue weighted by Gasteiger charge is -2.30. The molecule has 296 valence electrons. The first kappa shape index (κ1) is 42.9. The predicted molar refractivity (Wildman–Crippen MR) is 221 cm³/mol. The van der Waals surface area contributed by atoms with Gasteiger partial charge < -0.3 is 29.5 Å². The molecule has 0 aliphatic rings. The first-order chi connectivity index (χ1) is 26.8. The first-order valence-electron chi connectivity index (χ1n) is 18.8. The number of benzene rings is 4. The van der Waals surface area contributed by atoms with E-state index in [1.807, 2.05) is 78.9 Å². The number of ether oxygens (including phenoxy) is 3. The Balaban J connectivity index is 1.65. The average molecular weight is 762 g/mol. The van der Waals surface area contributed by atoms with Crippen LogP contribution in [0.1, 0.15) is 73.1 Å². The lowest BCUT2D eigenvalue weighted by atomic mass is 9.99. The molecule has 0 saturated carbocycles. The summed E-state index contributed by atoms with van der Waals surface area (Å²) in [6.07, 6.45) is 0.996. The zero-order chi connectivity index (χ0) is 40.7. The minimum atomic E-state index is -1.24. The third kappa shape index (κ3) is 13.5. The monoisotopic (exact) mass is 761 g/mol. The smallest absolute Gasteiger partial charge is 0.415 e. The third-order valence-corrected chi connectivity index (χ3v) is 8.71. The van der Waals surface area contributed by atoms with Crippen molar-refractivity contribution in [3.05, 3.63) is 156 Å². The number of hydrogen-bond donors (Lipinski definition) is 2. The fourth-order valence-electron chi connectivity index (χ4n) is 5.89. The molecule has 0 radical (unpaired) electrons. The van der Waals surface area contributed by atoms with Crippen LogP contribution >= 0.6 is 0 Å². The zero-order valence-electron chi connectivity index (χ0n) is 33.1. The van der Waals surface area contributed by atoms with Gasteiger partial charge in [-0.05, 0) is 85.7 Å². The molecule has 0 aromatic heterocycles. The van der Waals surface area contributed by atoms with Crippen molar-refractivity contribution in [1.82, 2.24) is 10.2 Å². The molecule has 0 heterocycles. The molecule has 4 aromatic carbocycles. The van der Waals surface area contributed by atoms with Crippen LogP contribution in [0.4, 0.5) is 15.3 Å². The van der Waals surface area contributed by atoms with Crippen molar-refractivity contribution in [1.29, 1.82) is 0 Å². The molecule has 10 heteroatoms. The van der Waals surface area contributed by atoms with Crippen molar-refractivity contribution in [3.8, 4) is 5.75 Å². The molecule has 0 saturated heterocycles. The van der Waals surface area contributed by atoms with Crippen molar-refractivity contribution in [3.63, 3.8) is 0 Å². The molecular weight excluding hydrogens is 707 g/mol. The summed E-state index contributed by atoms with van der Waals surface area (Å²) < 4.78 is 17.1. The van der Waals surface area contributed by atoms with Gasteiger partial charge in [0, 0.05) is 24.3 Å². The molecule has 0 bridgehead atoms. The Bertz CT molecular complexity index is 1920. The van der Waals surface area contributed by atoms with E-state index >= 15 is 0 Å². The second kappa shape index (κ2) is 20.7. The lowest BCUT2D eigenvalue weighted by Crippen LogP contribution is -2.50. The average Bonchev–Trinajstić information content (AvgIpc) is 3.17. The molecule has 0 aliphatic carbocycles. The Morgan fingerprint density at radius 1 is 0.821 bits per heavy atom. The summed E-state index contributed by atoms with van der Waals surface area (Å²) in [7, 11) is 0. The van der Waals surface area contributed by atoms with Crippen molar-refractivity contribution >= 4 is 23.8 Å². The number of rotatable bonds is 18. The molecule has 0 aliphatic heterocycles. The van der Waals surface area contributed by atoms with Gasteiger partial charge in [0.25, 0.3) is 5.91 Å². The molecule has 56 heavy (non-hydrogen) atoms. The predicted octanol–water partition coefficient (Wildman–Crippen LogP) is 8.84. The quantitative estimate of drug-likeness (QED) is 0.0974. The largest absolute Gasteiger partial charge is 0.490 e. The van der Waals surface area contributed by atoms with Crippen LogP contribution in [0.15, 0.2) is 128 Å². The van der Waals surface area contributed by atoms with Gasteiger partial charge in [0.15, 0.2) is 0 Å². The molecular formula is C46H55N3O7. The van der Waals surface area contributed by atoms with E-state index in [9.17, 15) is 19.5 Å². The SMILES string of the molecule is C=CCOc1cccc(C[C@H](NC(=O)c2cccc(N(CC=C)C(=O)OC(C)(C)C)c2)[C@@H](O)CN(Cc2cccc(C(C)C)c2)C(=O)OCc2ccccc2)c1. The van der Waals surface area contributed by atoms with Crippen molar-refractivity contribution in [2.45, 2.75) is 77.9 Å². The fraction of sp³-hybridized carbons (Fsp3) is 0.326. The zero-order valence-corrected chi connectivity index (χ0v) is 33.1. The third-order valence-electron chi connectivity index (χ3n) is 8.71. The van der Waals surface area contributed by atoms with Gasteiger partial charge in [-0.25, -0.2) is 9.59 Å². The van der Waals surface area contributed by atoms with Gasteiger partial charge in [0.05, 0.1) is 18.7 Å². The summed E-state index contributed by atoms with van der Waals surface area (Å²) in [4.78, 5) is 43.8. The number of anilines is 1. The molecule has 0 fully saturated rings. The number of nitrogens with one attached hydrogen (secondary N) is 1. The highest BCUT2D eigenvalue weighted by molar-refractivity contribution is 5.97. The summed E-state index contributed by atoms with van der Waals surface area (Å²) in [5.41, 5.74) is 3.56. The molecule has 2 atom stereocenters. The van der Waals surface area contributed by atoms with Crippen LogP contribution in [0.5, 0.6) is 5.75 Å². The van der Waals surface area contributed by atoms with Crippen LogP contribution < -0.4 is 15.0 Å². The van der Waals surface area contributed by atoms with Crippen LogP contribution in [0, 0.1) is 0 Å². The van der Waals surface area contributed by atoms with Gasteiger partial charge in [-0.1, -0.05) is 105 Å². The van der Waals surface area contributed by atoms with Crippen LogP contribution in [-0.2, 0) is 29.0 Å². The number of aliphatic hydroxyl groups is 1. The van der Waals surface area contributed by atoms with E-state index in [1.165, 1.54) is 9.80 Å². The van der Waals surface area contributed by atoms with E-state index < -0.39 is 35.8 Å². The Morgan fingerprint density at radius 3 is 2.21 bits per heavy atom. The Kier molecular flexibility index (Phi) is 15.9. The van der Waals surface area contributed by atoms with Crippen LogP contribution in [-0.4, -0.2) is 65.5 Å². The number of aliphatic hydroxyl groups excluding tert-OH is 1. The van der Waals surface area contributed by atoms with Gasteiger partial charge >= 0.3 is 12.2 Å². The van der Waals surface area contributed by atoms with Gasteiger partial charge in [-0.15, -0.1) is 6.58 Å². The molecule has 0 unspecified atom stereocenters. The van der Waals surface area contributed by atoms with Crippen LogP contribution in [0.25, 0.3) is 0 Å². The summed E-state index contributed by atoms with van der Waals surface area (Å²) in [6.45, 7) is 17.6. The van der Waals surface area contributed by atoms with Gasteiger partial charge in [0.1, 0.15) is 24.6 Å². The van der Waals surface area contributed by atoms with Gasteiger partial charge in [0.2, 0.25) is 0 Å². The number of carbonyl (C=O) groups is 3. The second-order valence-electron chi connectivity index (χ2n) is 14.8. The van der Waals surface area contributed by atoms with E-state index in [-0.39, 0.29) is 44.1 Å². The molecule has 10 nitrogen and oxygen atoms in total. The highest BCUT2D eigenvalue weighted by atomic mass is 16.6. The Morgan fingerprint density at radius 2 is 1.52 bits per heavy atom. The first-order valence-corrected chi connectivity index (χ1v) is 18.8. The van der Waals surface area contributed by atoms with E-state index in [1.54, 1.807) is 57.2 Å². The van der Waals surface area contributed by atoms with Crippen LogP contribution in [0.3, 0.4) is 0 Å². The number of hydrogen-bond acceptors (Lipinski definition) is 7. The highest BCUT2D eigenvalue weighted by Gasteiger charge is 2.29. The molecule has 4 aromatic rings. The molecule has 3 amide bonds. The van der Waals surface area contributed by atoms with E-state index in [4.69, 9.17) is 14.2 Å². The van der Waals surface area contributed by atoms with E-state index in [0.29, 0.717) is 18.0 Å². The minimum absolute atomic E-state index is 0.0540. The van der Waals surface area contributed by atoms with E-state index in [0.717, 1.165) is 22.3 Å². The van der Waals surface area contributed by atoms with Crippen molar-refractivity contribution in [2.24, 2.45) is 0 Å². The van der Waals surface area contributed by atoms with Gasteiger partial charge in [-0.2, -0.15) is 0 Å². The highest BCUT2D eigenvalue weighted by Crippen LogP contribution is 2.23. The number of carbonyl (C=O) groups excluding carboxylic acids is 3. The maximum Gasteiger partial charge on any atom is 0.415 e. The molecule has 0 spiro atoms. The summed E-state index contributed by atoms with van der Waals surface area (Å²) in [6, 6.07) is 30.4. The lowest BCUT2D eigenvalue weighted by molar-refractivity contribution is 0.0499. The normalized spacial score (nSPS) is 12.2. The standard InChI is InChI=1S/C46H55N3O7/c1-8-24-49(45(53)56-46(5,6)7)39-22-15-21-38(29-39)43(51)47-41(28-35-18-14-23-40(27-35)54-25-9-2)42(50)31-48(30-36-19-13-20-37(26-36)33(3)4)44(52)55-32-34-16-11-10-12-17-34/h8-23,26-27,29,33,41-42,50H,1-2,24-25,28,30-32H2,3-7H3,(H,47,51)/t41-,42-/m0/s1. The minimum Gasteiger partial charge on any atom is -0.490 e. The number of amides is 3. The fourth-order valence-corrected chi connectivity index (χ4v) is 5.89. The van der Waals surface area contributed by atoms with E-state index in [2.05, 4.69) is 32.3 Å². The Hall–Kier alpha value is -5.87. The maximum absolute atomic E-state index is 14.0. The van der Waals surface area contributed by atoms with Crippen molar-refractivity contribution < 1.29 is 33.7 Å². The maximum atomic E-state index is 14.0. The summed E-state index contributed by atoms with van der Waals surface area (Å²) >= 11 is 0. The number of nitrogens with zero attached hydrogens (tertiary/aromatic N) is 2. The molecule has 2 N–H and O–H groups in total. The second-order valence-corrected chi connectivity index (χ2v) is 14.8. The summed E-state index contributed by atoms with van der Waals surface area (Å²) in [5.74, 6) is 0.395. The summed E-state index contributed by atoms with van der Waals surface area (Å²) in [5, 5.41) is 15.0. The molecule has 4 rings (SSSR count). The Labute approximate surface area is 331 Å². The van der Waals surface area contributed by atoms with Crippen molar-refractivity contribution in [2.75, 3.05) is 24.6 Å². The van der Waals surface area contributed by atoms with Crippen LogP contribution in [0.2, 0.25) is 0 Å². The topological polar surface area (TPSA) is 118 Å².